The van der Waals surface area contributed by atoms with E-state index in [-0.39, 0.29) is 17.4 Å². The minimum absolute atomic E-state index is 0.0631. The van der Waals surface area contributed by atoms with E-state index >= 15 is 0 Å². The Balaban J connectivity index is 1.59. The Hall–Kier alpha value is -3.03. The van der Waals surface area contributed by atoms with Crippen LogP contribution in [0.25, 0.3) is 0 Å². The molecule has 3 aromatic rings. The molecule has 0 radical (unpaired) electrons. The van der Waals surface area contributed by atoms with Gasteiger partial charge in [-0.1, -0.05) is 35.4 Å². The van der Waals surface area contributed by atoms with Crippen molar-refractivity contribution in [3.8, 4) is 5.75 Å². The maximum absolute atomic E-state index is 12.6. The van der Waals surface area contributed by atoms with Gasteiger partial charge in [0.25, 0.3) is 15.9 Å². The zero-order valence-corrected chi connectivity index (χ0v) is 18.0. The fourth-order valence-electron chi connectivity index (χ4n) is 2.57. The zero-order chi connectivity index (χ0) is 21.7. The van der Waals surface area contributed by atoms with Crippen LogP contribution in [0, 0.1) is 13.8 Å². The molecule has 3 rings (SSSR count). The maximum atomic E-state index is 12.6. The standard InChI is InChI=1S/C22H21ClN2O4S/c1-15-3-9-19(10-4-15)29-14-22(26)24-17-7-11-20(12-8-17)30(27,28)25-18-6-5-16(2)21(23)13-18/h3-13,25H,14H2,1-2H3,(H,24,26). The smallest absolute Gasteiger partial charge is 0.262 e. The molecule has 0 aliphatic rings. The third-order valence-electron chi connectivity index (χ3n) is 4.26. The van der Waals surface area contributed by atoms with E-state index < -0.39 is 10.0 Å². The first-order chi connectivity index (χ1) is 14.2. The van der Waals surface area contributed by atoms with Crippen molar-refractivity contribution in [2.75, 3.05) is 16.6 Å². The number of halogens is 1. The monoisotopic (exact) mass is 444 g/mol. The number of carbonyl (C=O) groups excluding carboxylic acids is 1. The highest BCUT2D eigenvalue weighted by molar-refractivity contribution is 7.92. The molecule has 2 N–H and O–H groups in total. The second kappa shape index (κ2) is 9.19. The molecule has 0 heterocycles. The Morgan fingerprint density at radius 1 is 0.933 bits per heavy atom. The van der Waals surface area contributed by atoms with Crippen LogP contribution in [0.15, 0.2) is 71.6 Å². The normalized spacial score (nSPS) is 11.0. The molecule has 3 aromatic carbocycles. The van der Waals surface area contributed by atoms with Crippen LogP contribution in [0.3, 0.4) is 0 Å². The number of ether oxygens (including phenoxy) is 1. The highest BCUT2D eigenvalue weighted by Crippen LogP contribution is 2.23. The molecule has 30 heavy (non-hydrogen) atoms. The zero-order valence-electron chi connectivity index (χ0n) is 16.5. The number of hydrogen-bond donors (Lipinski definition) is 2. The molecule has 0 aromatic heterocycles. The van der Waals surface area contributed by atoms with Gasteiger partial charge in [0.1, 0.15) is 5.75 Å². The molecule has 0 unspecified atom stereocenters. The Kier molecular flexibility index (Phi) is 6.64. The summed E-state index contributed by atoms with van der Waals surface area (Å²) in [5.41, 5.74) is 2.79. The van der Waals surface area contributed by atoms with Crippen LogP contribution < -0.4 is 14.8 Å². The highest BCUT2D eigenvalue weighted by Gasteiger charge is 2.15. The number of carbonyl (C=O) groups is 1. The average molecular weight is 445 g/mol. The van der Waals surface area contributed by atoms with E-state index in [0.717, 1.165) is 11.1 Å². The number of benzene rings is 3. The van der Waals surface area contributed by atoms with Gasteiger partial charge in [0.15, 0.2) is 6.61 Å². The van der Waals surface area contributed by atoms with Crippen molar-refractivity contribution in [2.24, 2.45) is 0 Å². The van der Waals surface area contributed by atoms with Crippen molar-refractivity contribution in [2.45, 2.75) is 18.7 Å². The lowest BCUT2D eigenvalue weighted by Crippen LogP contribution is -2.20. The van der Waals surface area contributed by atoms with Crippen LogP contribution in [0.4, 0.5) is 11.4 Å². The Labute approximate surface area is 180 Å². The number of rotatable bonds is 7. The van der Waals surface area contributed by atoms with Gasteiger partial charge in [-0.25, -0.2) is 8.42 Å². The van der Waals surface area contributed by atoms with Gasteiger partial charge in [-0.3, -0.25) is 9.52 Å². The first kappa shape index (κ1) is 21.7. The summed E-state index contributed by atoms with van der Waals surface area (Å²) in [5, 5.41) is 3.14. The van der Waals surface area contributed by atoms with Crippen molar-refractivity contribution >= 4 is 38.9 Å². The predicted molar refractivity (Wildman–Crippen MR) is 119 cm³/mol. The molecule has 0 atom stereocenters. The summed E-state index contributed by atoms with van der Waals surface area (Å²) in [6.07, 6.45) is 0. The molecule has 0 bridgehead atoms. The minimum atomic E-state index is -3.78. The topological polar surface area (TPSA) is 84.5 Å². The minimum Gasteiger partial charge on any atom is -0.484 e. The average Bonchev–Trinajstić information content (AvgIpc) is 2.70. The molecule has 0 aliphatic heterocycles. The summed E-state index contributed by atoms with van der Waals surface area (Å²) in [7, 11) is -3.78. The predicted octanol–water partition coefficient (Wildman–Crippen LogP) is 4.78. The summed E-state index contributed by atoms with van der Waals surface area (Å²) in [6.45, 7) is 3.64. The SMILES string of the molecule is Cc1ccc(OCC(=O)Nc2ccc(S(=O)(=O)Nc3ccc(C)c(Cl)c3)cc2)cc1. The highest BCUT2D eigenvalue weighted by atomic mass is 35.5. The van der Waals surface area contributed by atoms with Crippen LogP contribution in [0.1, 0.15) is 11.1 Å². The molecular weight excluding hydrogens is 424 g/mol. The molecule has 0 fully saturated rings. The van der Waals surface area contributed by atoms with E-state index in [1.165, 1.54) is 24.3 Å². The van der Waals surface area contributed by atoms with Gasteiger partial charge < -0.3 is 10.1 Å². The first-order valence-corrected chi connectivity index (χ1v) is 11.0. The second-order valence-corrected chi connectivity index (χ2v) is 8.83. The lowest BCUT2D eigenvalue weighted by Gasteiger charge is -2.11. The van der Waals surface area contributed by atoms with Crippen LogP contribution in [0.5, 0.6) is 5.75 Å². The lowest BCUT2D eigenvalue weighted by atomic mass is 10.2. The molecular formula is C22H21ClN2O4S. The number of aryl methyl sites for hydroxylation is 2. The van der Waals surface area contributed by atoms with Gasteiger partial charge >= 0.3 is 0 Å². The van der Waals surface area contributed by atoms with Gasteiger partial charge in [0.05, 0.1) is 10.6 Å². The summed E-state index contributed by atoms with van der Waals surface area (Å²) in [4.78, 5) is 12.1. The summed E-state index contributed by atoms with van der Waals surface area (Å²) >= 11 is 6.04. The van der Waals surface area contributed by atoms with E-state index in [2.05, 4.69) is 10.0 Å². The molecule has 1 amide bonds. The van der Waals surface area contributed by atoms with E-state index in [4.69, 9.17) is 16.3 Å². The van der Waals surface area contributed by atoms with E-state index in [0.29, 0.717) is 22.1 Å². The van der Waals surface area contributed by atoms with Crippen molar-refractivity contribution in [1.29, 1.82) is 0 Å². The van der Waals surface area contributed by atoms with Crippen molar-refractivity contribution in [3.63, 3.8) is 0 Å². The van der Waals surface area contributed by atoms with Crippen molar-refractivity contribution in [1.82, 2.24) is 0 Å². The summed E-state index contributed by atoms with van der Waals surface area (Å²) in [5.74, 6) is 0.248. The van der Waals surface area contributed by atoms with Crippen molar-refractivity contribution < 1.29 is 17.9 Å². The number of hydrogen-bond acceptors (Lipinski definition) is 4. The Morgan fingerprint density at radius 2 is 1.57 bits per heavy atom. The van der Waals surface area contributed by atoms with Crippen LogP contribution >= 0.6 is 11.6 Å². The quantitative estimate of drug-likeness (QED) is 0.549. The Morgan fingerprint density at radius 3 is 2.20 bits per heavy atom. The second-order valence-electron chi connectivity index (χ2n) is 6.74. The lowest BCUT2D eigenvalue weighted by molar-refractivity contribution is -0.118. The third-order valence-corrected chi connectivity index (χ3v) is 6.07. The Bertz CT molecular complexity index is 1140. The molecule has 0 saturated carbocycles. The molecule has 0 aliphatic carbocycles. The summed E-state index contributed by atoms with van der Waals surface area (Å²) in [6, 6.07) is 18.1. The number of sulfonamides is 1. The van der Waals surface area contributed by atoms with Crippen LogP contribution in [-0.4, -0.2) is 20.9 Å². The fraction of sp³-hybridized carbons (Fsp3) is 0.136. The molecule has 6 nitrogen and oxygen atoms in total. The number of nitrogens with one attached hydrogen (secondary N) is 2. The third kappa shape index (κ3) is 5.75. The maximum Gasteiger partial charge on any atom is 0.262 e. The van der Waals surface area contributed by atoms with Gasteiger partial charge in [-0.15, -0.1) is 0 Å². The number of amides is 1. The largest absolute Gasteiger partial charge is 0.484 e. The van der Waals surface area contributed by atoms with Gasteiger partial charge in [-0.2, -0.15) is 0 Å². The van der Waals surface area contributed by atoms with Crippen molar-refractivity contribution in [3.05, 3.63) is 82.9 Å². The molecule has 156 valence electrons. The van der Waals surface area contributed by atoms with Gasteiger partial charge in [-0.05, 0) is 67.9 Å². The molecule has 8 heteroatoms. The van der Waals surface area contributed by atoms with Gasteiger partial charge in [0.2, 0.25) is 0 Å². The molecule has 0 spiro atoms. The fourth-order valence-corrected chi connectivity index (χ4v) is 3.80. The summed E-state index contributed by atoms with van der Waals surface area (Å²) < 4.78 is 33.0. The number of anilines is 2. The van der Waals surface area contributed by atoms with E-state index in [1.54, 1.807) is 30.3 Å². The van der Waals surface area contributed by atoms with E-state index in [1.807, 2.05) is 26.0 Å². The van der Waals surface area contributed by atoms with E-state index in [9.17, 15) is 13.2 Å². The van der Waals surface area contributed by atoms with Gasteiger partial charge in [0, 0.05) is 10.7 Å². The molecule has 0 saturated heterocycles. The van der Waals surface area contributed by atoms with Crippen LogP contribution in [0.2, 0.25) is 5.02 Å². The first-order valence-electron chi connectivity index (χ1n) is 9.11. The van der Waals surface area contributed by atoms with Crippen LogP contribution in [-0.2, 0) is 14.8 Å².